The third-order valence-corrected chi connectivity index (χ3v) is 2.60. The number of hydrogen-bond donors (Lipinski definition) is 1. The summed E-state index contributed by atoms with van der Waals surface area (Å²) in [6.45, 7) is 8.78. The Morgan fingerprint density at radius 1 is 1.21 bits per heavy atom. The summed E-state index contributed by atoms with van der Waals surface area (Å²) >= 11 is 0. The Morgan fingerprint density at radius 2 is 1.71 bits per heavy atom. The number of nitrogens with zero attached hydrogens (tertiary/aromatic N) is 1. The van der Waals surface area contributed by atoms with Crippen LogP contribution in [0.1, 0.15) is 47.0 Å². The number of nitrogens with two attached hydrogens (primary N) is 1. The maximum Gasteiger partial charge on any atom is 0.00976 e. The molecule has 0 aromatic rings. The fourth-order valence-corrected chi connectivity index (χ4v) is 1.67. The van der Waals surface area contributed by atoms with Crippen molar-refractivity contribution in [1.82, 2.24) is 4.90 Å². The Morgan fingerprint density at radius 3 is 2.00 bits per heavy atom. The van der Waals surface area contributed by atoms with Gasteiger partial charge in [-0.05, 0) is 53.1 Å². The van der Waals surface area contributed by atoms with Crippen LogP contribution >= 0.6 is 0 Å². The molecule has 0 fully saturated rings. The molecule has 0 radical (unpaired) electrons. The van der Waals surface area contributed by atoms with E-state index in [0.717, 1.165) is 12.3 Å². The molecule has 0 aromatic carbocycles. The molecule has 14 heavy (non-hydrogen) atoms. The van der Waals surface area contributed by atoms with Gasteiger partial charge in [-0.25, -0.2) is 0 Å². The summed E-state index contributed by atoms with van der Waals surface area (Å²) in [6, 6.07) is 0.679. The molecule has 0 saturated carbocycles. The van der Waals surface area contributed by atoms with Gasteiger partial charge in [-0.1, -0.05) is 13.8 Å². The summed E-state index contributed by atoms with van der Waals surface area (Å²) in [5, 5.41) is 0. The van der Waals surface area contributed by atoms with Gasteiger partial charge in [0.15, 0.2) is 0 Å². The average molecular weight is 200 g/mol. The van der Waals surface area contributed by atoms with Crippen LogP contribution < -0.4 is 5.73 Å². The smallest absolute Gasteiger partial charge is 0.00976 e. The topological polar surface area (TPSA) is 29.3 Å². The van der Waals surface area contributed by atoms with E-state index < -0.39 is 0 Å². The van der Waals surface area contributed by atoms with Crippen molar-refractivity contribution >= 4 is 0 Å². The van der Waals surface area contributed by atoms with Crippen LogP contribution in [0.2, 0.25) is 0 Å². The zero-order chi connectivity index (χ0) is 11.4. The minimum absolute atomic E-state index is 0.0226. The first-order chi connectivity index (χ1) is 6.22. The van der Waals surface area contributed by atoms with Crippen molar-refractivity contribution in [2.24, 2.45) is 11.7 Å². The van der Waals surface area contributed by atoms with Gasteiger partial charge in [-0.2, -0.15) is 0 Å². The summed E-state index contributed by atoms with van der Waals surface area (Å²) in [7, 11) is 4.33. The summed E-state index contributed by atoms with van der Waals surface area (Å²) < 4.78 is 0. The average Bonchev–Trinajstić information content (AvgIpc) is 1.94. The maximum absolute atomic E-state index is 6.00. The van der Waals surface area contributed by atoms with Crippen molar-refractivity contribution in [1.29, 1.82) is 0 Å². The minimum Gasteiger partial charge on any atom is -0.326 e. The van der Waals surface area contributed by atoms with E-state index in [0.29, 0.717) is 6.04 Å². The summed E-state index contributed by atoms with van der Waals surface area (Å²) in [4.78, 5) is 2.33. The third-order valence-electron chi connectivity index (χ3n) is 2.60. The van der Waals surface area contributed by atoms with E-state index >= 15 is 0 Å². The normalized spacial score (nSPS) is 15.2. The highest BCUT2D eigenvalue weighted by Gasteiger charge is 2.17. The standard InChI is InChI=1S/C12H28N2/c1-10(2)9-11(14(5)6)7-8-12(3,4)13/h10-11H,7-9,13H2,1-6H3. The highest BCUT2D eigenvalue weighted by Crippen LogP contribution is 2.17. The zero-order valence-electron chi connectivity index (χ0n) is 10.8. The first kappa shape index (κ1) is 13.9. The van der Waals surface area contributed by atoms with Gasteiger partial charge in [-0.15, -0.1) is 0 Å². The lowest BCUT2D eigenvalue weighted by Gasteiger charge is -2.29. The molecular weight excluding hydrogens is 172 g/mol. The van der Waals surface area contributed by atoms with E-state index in [9.17, 15) is 0 Å². The van der Waals surface area contributed by atoms with Crippen LogP contribution in [0.25, 0.3) is 0 Å². The van der Waals surface area contributed by atoms with Crippen molar-refractivity contribution in [3.63, 3.8) is 0 Å². The molecule has 2 heteroatoms. The van der Waals surface area contributed by atoms with Gasteiger partial charge in [0.1, 0.15) is 0 Å². The molecule has 0 rings (SSSR count). The molecule has 0 amide bonds. The Hall–Kier alpha value is -0.0800. The fraction of sp³-hybridized carbons (Fsp3) is 1.00. The highest BCUT2D eigenvalue weighted by molar-refractivity contribution is 4.77. The molecule has 1 unspecified atom stereocenters. The van der Waals surface area contributed by atoms with Gasteiger partial charge in [0, 0.05) is 11.6 Å². The zero-order valence-corrected chi connectivity index (χ0v) is 10.8. The minimum atomic E-state index is -0.0226. The van der Waals surface area contributed by atoms with E-state index in [1.807, 2.05) is 0 Å². The van der Waals surface area contributed by atoms with E-state index in [1.165, 1.54) is 12.8 Å². The van der Waals surface area contributed by atoms with Gasteiger partial charge in [0.25, 0.3) is 0 Å². The van der Waals surface area contributed by atoms with Crippen LogP contribution in [-0.4, -0.2) is 30.6 Å². The first-order valence-corrected chi connectivity index (χ1v) is 5.67. The SMILES string of the molecule is CC(C)CC(CCC(C)(C)N)N(C)C. The van der Waals surface area contributed by atoms with Crippen molar-refractivity contribution < 1.29 is 0 Å². The lowest BCUT2D eigenvalue weighted by atomic mass is 9.92. The molecule has 0 bridgehead atoms. The molecule has 0 spiro atoms. The molecule has 0 heterocycles. The van der Waals surface area contributed by atoms with Crippen LogP contribution in [0.15, 0.2) is 0 Å². The molecule has 0 aliphatic heterocycles. The lowest BCUT2D eigenvalue weighted by Crippen LogP contribution is -2.36. The molecule has 1 atom stereocenters. The van der Waals surface area contributed by atoms with E-state index in [2.05, 4.69) is 46.7 Å². The van der Waals surface area contributed by atoms with Crippen LogP contribution in [0.4, 0.5) is 0 Å². The second kappa shape index (κ2) is 5.72. The van der Waals surface area contributed by atoms with E-state index in [4.69, 9.17) is 5.73 Å². The monoisotopic (exact) mass is 200 g/mol. The van der Waals surface area contributed by atoms with Crippen LogP contribution in [0, 0.1) is 5.92 Å². The van der Waals surface area contributed by atoms with Crippen molar-refractivity contribution in [2.45, 2.75) is 58.5 Å². The Labute approximate surface area is 89.9 Å². The molecule has 0 aliphatic rings. The Kier molecular flexibility index (Phi) is 5.68. The lowest BCUT2D eigenvalue weighted by molar-refractivity contribution is 0.225. The molecule has 2 nitrogen and oxygen atoms in total. The van der Waals surface area contributed by atoms with Gasteiger partial charge in [0.05, 0.1) is 0 Å². The number of rotatable bonds is 6. The van der Waals surface area contributed by atoms with Gasteiger partial charge < -0.3 is 10.6 Å². The Balaban J connectivity index is 3.98. The predicted octanol–water partition coefficient (Wildman–Crippen LogP) is 2.48. The third kappa shape index (κ3) is 7.34. The van der Waals surface area contributed by atoms with E-state index in [-0.39, 0.29) is 5.54 Å². The summed E-state index contributed by atoms with van der Waals surface area (Å²) in [5.41, 5.74) is 5.97. The quantitative estimate of drug-likeness (QED) is 0.714. The van der Waals surface area contributed by atoms with Crippen molar-refractivity contribution in [3.05, 3.63) is 0 Å². The summed E-state index contributed by atoms with van der Waals surface area (Å²) in [5.74, 6) is 0.767. The first-order valence-electron chi connectivity index (χ1n) is 5.67. The van der Waals surface area contributed by atoms with Crippen LogP contribution in [-0.2, 0) is 0 Å². The molecule has 0 aromatic heterocycles. The molecule has 2 N–H and O–H groups in total. The molecular formula is C12H28N2. The largest absolute Gasteiger partial charge is 0.326 e. The van der Waals surface area contributed by atoms with Gasteiger partial charge >= 0.3 is 0 Å². The van der Waals surface area contributed by atoms with Gasteiger partial charge in [0.2, 0.25) is 0 Å². The fourth-order valence-electron chi connectivity index (χ4n) is 1.67. The maximum atomic E-state index is 6.00. The van der Waals surface area contributed by atoms with Crippen molar-refractivity contribution in [2.75, 3.05) is 14.1 Å². The van der Waals surface area contributed by atoms with Gasteiger partial charge in [-0.3, -0.25) is 0 Å². The van der Waals surface area contributed by atoms with Crippen LogP contribution in [0.3, 0.4) is 0 Å². The van der Waals surface area contributed by atoms with E-state index in [1.54, 1.807) is 0 Å². The highest BCUT2D eigenvalue weighted by atomic mass is 15.1. The van der Waals surface area contributed by atoms with Crippen LogP contribution in [0.5, 0.6) is 0 Å². The summed E-state index contributed by atoms with van der Waals surface area (Å²) in [6.07, 6.45) is 3.57. The molecule has 0 saturated heterocycles. The second-order valence-electron chi connectivity index (χ2n) is 5.77. The predicted molar refractivity (Wildman–Crippen MR) is 64.4 cm³/mol. The molecule has 0 aliphatic carbocycles. The number of hydrogen-bond acceptors (Lipinski definition) is 2. The Bertz CT molecular complexity index is 145. The second-order valence-corrected chi connectivity index (χ2v) is 5.77. The molecule has 86 valence electrons. The van der Waals surface area contributed by atoms with Crippen molar-refractivity contribution in [3.8, 4) is 0 Å².